The van der Waals surface area contributed by atoms with E-state index in [-0.39, 0.29) is 5.41 Å². The number of fused-ring (bicyclic) bond motifs is 7. The van der Waals surface area contributed by atoms with Gasteiger partial charge in [-0.05, 0) is 98.8 Å². The zero-order valence-electron chi connectivity index (χ0n) is 33.9. The lowest BCUT2D eigenvalue weighted by Gasteiger charge is -2.34. The largest absolute Gasteiger partial charge is 0.310 e. The number of benzene rings is 9. The van der Waals surface area contributed by atoms with E-state index in [1.807, 2.05) is 0 Å². The minimum absolute atomic E-state index is 0.171. The molecule has 4 nitrogen and oxygen atoms in total. The lowest BCUT2D eigenvalue weighted by Crippen LogP contribution is -2.24. The van der Waals surface area contributed by atoms with E-state index in [1.54, 1.807) is 0 Å². The number of rotatable bonds is 6. The molecular formula is C57H40N4. The quantitative estimate of drug-likeness (QED) is 0.169. The van der Waals surface area contributed by atoms with Crippen molar-refractivity contribution in [2.45, 2.75) is 19.3 Å². The second-order valence-corrected chi connectivity index (χ2v) is 16.6. The van der Waals surface area contributed by atoms with Crippen molar-refractivity contribution < 1.29 is 0 Å². The Labute approximate surface area is 354 Å². The highest BCUT2D eigenvalue weighted by molar-refractivity contribution is 6.22. The fraction of sp³-hybridized carbons (Fsp3) is 0.0526. The normalized spacial score (nSPS) is 12.9. The van der Waals surface area contributed by atoms with E-state index in [2.05, 4.69) is 230 Å². The van der Waals surface area contributed by atoms with E-state index in [0.29, 0.717) is 5.95 Å². The lowest BCUT2D eigenvalue weighted by molar-refractivity contribution is 0.643. The maximum absolute atomic E-state index is 5.51. The van der Waals surface area contributed by atoms with Gasteiger partial charge in [-0.1, -0.05) is 166 Å². The standard InChI is InChI=1S/C57H40N4/c1-57(2)48-21-12-11-20-46(48)55-54-49(57)22-13-23-50(54)58-56(59-55)61-51-35-33-44(36-47(51)53-45-19-10-9-16-41(45)30-34-52(53)61)60(42-17-7-4-8-18-42)43-31-28-40(29-32-43)39-26-24-38(25-27-39)37-14-5-3-6-15-37/h3-36H,1-2H3. The minimum Gasteiger partial charge on any atom is -0.310 e. The first-order chi connectivity index (χ1) is 30.0. The van der Waals surface area contributed by atoms with Crippen molar-refractivity contribution in [3.8, 4) is 39.5 Å². The highest BCUT2D eigenvalue weighted by Crippen LogP contribution is 2.48. The van der Waals surface area contributed by atoms with Gasteiger partial charge in [-0.15, -0.1) is 0 Å². The van der Waals surface area contributed by atoms with Crippen molar-refractivity contribution >= 4 is 60.5 Å². The second-order valence-electron chi connectivity index (χ2n) is 16.6. The number of nitrogens with zero attached hydrogens (tertiary/aromatic N) is 4. The van der Waals surface area contributed by atoms with Crippen LogP contribution >= 0.6 is 0 Å². The number of para-hydroxylation sites is 1. The predicted molar refractivity (Wildman–Crippen MR) is 255 cm³/mol. The average Bonchev–Trinajstić information content (AvgIpc) is 3.66. The topological polar surface area (TPSA) is 34.0 Å². The molecule has 11 aromatic rings. The Morgan fingerprint density at radius 3 is 1.79 bits per heavy atom. The van der Waals surface area contributed by atoms with E-state index in [9.17, 15) is 0 Å². The van der Waals surface area contributed by atoms with E-state index >= 15 is 0 Å². The Hall–Kier alpha value is -7.82. The molecule has 0 amide bonds. The molecule has 2 heterocycles. The second kappa shape index (κ2) is 13.6. The Morgan fingerprint density at radius 1 is 0.426 bits per heavy atom. The summed E-state index contributed by atoms with van der Waals surface area (Å²) in [5.74, 6) is 0.671. The van der Waals surface area contributed by atoms with Crippen LogP contribution in [-0.2, 0) is 5.41 Å². The molecule has 2 aromatic heterocycles. The zero-order chi connectivity index (χ0) is 40.7. The van der Waals surface area contributed by atoms with Crippen LogP contribution in [0.3, 0.4) is 0 Å². The lowest BCUT2D eigenvalue weighted by atomic mass is 9.70. The predicted octanol–water partition coefficient (Wildman–Crippen LogP) is 15.0. The van der Waals surface area contributed by atoms with Crippen LogP contribution in [0.1, 0.15) is 25.0 Å². The van der Waals surface area contributed by atoms with Gasteiger partial charge in [0.15, 0.2) is 0 Å². The molecule has 0 unspecified atom stereocenters. The minimum atomic E-state index is -0.171. The fourth-order valence-corrected chi connectivity index (χ4v) is 9.81. The molecule has 1 aliphatic rings. The fourth-order valence-electron chi connectivity index (χ4n) is 9.81. The van der Waals surface area contributed by atoms with E-state index in [4.69, 9.17) is 9.97 Å². The Kier molecular flexibility index (Phi) is 7.85. The molecule has 4 heteroatoms. The molecule has 0 fully saturated rings. The zero-order valence-corrected chi connectivity index (χ0v) is 33.9. The van der Waals surface area contributed by atoms with E-state index in [1.165, 1.54) is 55.1 Å². The summed E-state index contributed by atoms with van der Waals surface area (Å²) >= 11 is 0. The first-order valence-corrected chi connectivity index (χ1v) is 21.0. The molecule has 288 valence electrons. The number of aromatic nitrogens is 3. The molecule has 0 atom stereocenters. The van der Waals surface area contributed by atoms with Gasteiger partial charge >= 0.3 is 0 Å². The maximum Gasteiger partial charge on any atom is 0.235 e. The average molecular weight is 781 g/mol. The van der Waals surface area contributed by atoms with Crippen LogP contribution in [0.4, 0.5) is 17.1 Å². The van der Waals surface area contributed by atoms with Crippen LogP contribution in [0, 0.1) is 0 Å². The third-order valence-electron chi connectivity index (χ3n) is 12.8. The number of hydrogen-bond donors (Lipinski definition) is 0. The third-order valence-corrected chi connectivity index (χ3v) is 12.8. The van der Waals surface area contributed by atoms with Crippen LogP contribution in [0.15, 0.2) is 206 Å². The summed E-state index contributed by atoms with van der Waals surface area (Å²) in [6.45, 7) is 4.62. The molecule has 0 saturated carbocycles. The molecular weight excluding hydrogens is 741 g/mol. The van der Waals surface area contributed by atoms with Crippen LogP contribution in [0.2, 0.25) is 0 Å². The van der Waals surface area contributed by atoms with E-state index < -0.39 is 0 Å². The summed E-state index contributed by atoms with van der Waals surface area (Å²) in [5.41, 5.74) is 15.7. The summed E-state index contributed by atoms with van der Waals surface area (Å²) in [7, 11) is 0. The van der Waals surface area contributed by atoms with Crippen molar-refractivity contribution in [3.05, 3.63) is 217 Å². The first kappa shape index (κ1) is 35.2. The summed E-state index contributed by atoms with van der Waals surface area (Å²) in [5, 5.41) is 5.86. The SMILES string of the molecule is CC1(C)c2ccccc2-c2nc(-n3c4ccc(N(c5ccccc5)c5ccc(-c6ccc(-c7ccccc7)cc6)cc5)cc4c4c5ccccc5ccc43)nc3cccc1c23. The Bertz CT molecular complexity index is 3480. The molecule has 0 aliphatic heterocycles. The molecule has 1 aliphatic carbocycles. The number of hydrogen-bond acceptors (Lipinski definition) is 3. The highest BCUT2D eigenvalue weighted by atomic mass is 15.2. The highest BCUT2D eigenvalue weighted by Gasteiger charge is 2.35. The molecule has 9 aromatic carbocycles. The number of anilines is 3. The molecule has 61 heavy (non-hydrogen) atoms. The van der Waals surface area contributed by atoms with Gasteiger partial charge in [0.05, 0.1) is 22.2 Å². The maximum atomic E-state index is 5.51. The molecule has 0 bridgehead atoms. The first-order valence-electron chi connectivity index (χ1n) is 21.0. The summed E-state index contributed by atoms with van der Waals surface area (Å²) in [4.78, 5) is 13.2. The summed E-state index contributed by atoms with van der Waals surface area (Å²) in [6.07, 6.45) is 0. The van der Waals surface area contributed by atoms with Crippen LogP contribution in [-0.4, -0.2) is 14.5 Å². The third kappa shape index (κ3) is 5.53. The Morgan fingerprint density at radius 2 is 1.02 bits per heavy atom. The molecule has 12 rings (SSSR count). The van der Waals surface area contributed by atoms with Gasteiger partial charge < -0.3 is 4.90 Å². The monoisotopic (exact) mass is 780 g/mol. The molecule has 0 N–H and O–H groups in total. The molecule has 0 spiro atoms. The molecule has 0 radical (unpaired) electrons. The van der Waals surface area contributed by atoms with Gasteiger partial charge in [0.25, 0.3) is 0 Å². The van der Waals surface area contributed by atoms with Crippen LogP contribution in [0.5, 0.6) is 0 Å². The summed E-state index contributed by atoms with van der Waals surface area (Å²) < 4.78 is 2.27. The van der Waals surface area contributed by atoms with Crippen LogP contribution in [0.25, 0.3) is 82.9 Å². The van der Waals surface area contributed by atoms with Crippen molar-refractivity contribution in [1.82, 2.24) is 14.5 Å². The van der Waals surface area contributed by atoms with E-state index in [0.717, 1.165) is 50.1 Å². The smallest absolute Gasteiger partial charge is 0.235 e. The van der Waals surface area contributed by atoms with Gasteiger partial charge in [0, 0.05) is 44.2 Å². The van der Waals surface area contributed by atoms with Crippen LogP contribution < -0.4 is 4.90 Å². The molecule has 0 saturated heterocycles. The van der Waals surface area contributed by atoms with Gasteiger partial charge in [-0.3, -0.25) is 4.57 Å². The Balaban J connectivity index is 1.04. The van der Waals surface area contributed by atoms with Gasteiger partial charge in [0.1, 0.15) is 0 Å². The van der Waals surface area contributed by atoms with Gasteiger partial charge in [-0.2, -0.15) is 0 Å². The van der Waals surface area contributed by atoms with Gasteiger partial charge in [-0.25, -0.2) is 9.97 Å². The van der Waals surface area contributed by atoms with Crippen molar-refractivity contribution in [2.24, 2.45) is 0 Å². The van der Waals surface area contributed by atoms with Crippen molar-refractivity contribution in [3.63, 3.8) is 0 Å². The van der Waals surface area contributed by atoms with Gasteiger partial charge in [0.2, 0.25) is 5.95 Å². The summed E-state index contributed by atoms with van der Waals surface area (Å²) in [6, 6.07) is 74.2. The van der Waals surface area contributed by atoms with Crippen molar-refractivity contribution in [1.29, 1.82) is 0 Å². The van der Waals surface area contributed by atoms with Crippen molar-refractivity contribution in [2.75, 3.05) is 4.90 Å².